The van der Waals surface area contributed by atoms with Crippen molar-refractivity contribution in [1.29, 1.82) is 0 Å². The van der Waals surface area contributed by atoms with Crippen molar-refractivity contribution in [1.82, 2.24) is 14.8 Å². The average molecular weight is 259 g/mol. The van der Waals surface area contributed by atoms with E-state index in [0.717, 1.165) is 5.56 Å². The molecule has 0 aliphatic rings. The van der Waals surface area contributed by atoms with Crippen LogP contribution in [0.25, 0.3) is 5.69 Å². The molecule has 0 fully saturated rings. The number of hydrogen-bond acceptors (Lipinski definition) is 4. The van der Waals surface area contributed by atoms with Gasteiger partial charge in [0.2, 0.25) is 0 Å². The number of benzene rings is 1. The van der Waals surface area contributed by atoms with Gasteiger partial charge in [-0.05, 0) is 17.7 Å². The van der Waals surface area contributed by atoms with Gasteiger partial charge < -0.3 is 10.8 Å². The summed E-state index contributed by atoms with van der Waals surface area (Å²) >= 11 is 0. The molecule has 1 aromatic heterocycles. The molecule has 0 radical (unpaired) electrons. The minimum absolute atomic E-state index is 0. The first-order valence-corrected chi connectivity index (χ1v) is 4.75. The molecule has 17 heavy (non-hydrogen) atoms. The van der Waals surface area contributed by atoms with Crippen molar-refractivity contribution in [2.75, 3.05) is 0 Å². The van der Waals surface area contributed by atoms with Crippen molar-refractivity contribution in [3.8, 4) is 5.69 Å². The smallest absolute Gasteiger partial charge is 0.157 e. The predicted molar refractivity (Wildman–Crippen MR) is 62.4 cm³/mol. The zero-order valence-electron chi connectivity index (χ0n) is 8.88. The fourth-order valence-electron chi connectivity index (χ4n) is 1.48. The molecule has 0 saturated heterocycles. The Hall–Kier alpha value is -1.50. The Kier molecular flexibility index (Phi) is 4.56. The zero-order valence-corrected chi connectivity index (χ0v) is 9.69. The predicted octanol–water partition coefficient (Wildman–Crippen LogP) is 0.779. The first-order valence-electron chi connectivity index (χ1n) is 4.75. The molecule has 0 amide bonds. The van der Waals surface area contributed by atoms with Crippen LogP contribution in [0.1, 0.15) is 11.4 Å². The quantitative estimate of drug-likeness (QED) is 0.853. The number of halogens is 2. The molecule has 5 nitrogen and oxygen atoms in total. The Labute approximate surface area is 103 Å². The summed E-state index contributed by atoms with van der Waals surface area (Å²) in [4.78, 5) is 3.85. The molecule has 0 bridgehead atoms. The summed E-state index contributed by atoms with van der Waals surface area (Å²) < 4.78 is 14.5. The first kappa shape index (κ1) is 13.6. The van der Waals surface area contributed by atoms with E-state index in [1.54, 1.807) is 6.07 Å². The summed E-state index contributed by atoms with van der Waals surface area (Å²) in [7, 11) is 0. The third-order valence-electron chi connectivity index (χ3n) is 2.26. The molecule has 0 aliphatic carbocycles. The molecule has 0 saturated carbocycles. The van der Waals surface area contributed by atoms with E-state index in [9.17, 15) is 4.39 Å². The third-order valence-corrected chi connectivity index (χ3v) is 2.26. The van der Waals surface area contributed by atoms with Crippen molar-refractivity contribution in [2.45, 2.75) is 13.2 Å². The minimum atomic E-state index is -0.383. The Bertz CT molecular complexity index is 503. The largest absolute Gasteiger partial charge is 0.388 e. The van der Waals surface area contributed by atoms with Gasteiger partial charge in [-0.3, -0.25) is 0 Å². The molecule has 7 heteroatoms. The van der Waals surface area contributed by atoms with Crippen molar-refractivity contribution in [2.24, 2.45) is 5.73 Å². The van der Waals surface area contributed by atoms with Crippen LogP contribution in [0.15, 0.2) is 24.5 Å². The molecule has 0 unspecified atom stereocenters. The van der Waals surface area contributed by atoms with E-state index in [1.165, 1.54) is 23.1 Å². The molecule has 0 atom stereocenters. The Morgan fingerprint density at radius 3 is 2.82 bits per heavy atom. The van der Waals surface area contributed by atoms with Crippen molar-refractivity contribution in [3.63, 3.8) is 0 Å². The summed E-state index contributed by atoms with van der Waals surface area (Å²) in [6.45, 7) is 0.000860. The van der Waals surface area contributed by atoms with E-state index in [4.69, 9.17) is 10.8 Å². The second-order valence-electron chi connectivity index (χ2n) is 3.22. The van der Waals surface area contributed by atoms with Crippen LogP contribution in [0.2, 0.25) is 0 Å². The van der Waals surface area contributed by atoms with Crippen LogP contribution in [0, 0.1) is 5.82 Å². The van der Waals surface area contributed by atoms with Gasteiger partial charge in [0.25, 0.3) is 0 Å². The highest BCUT2D eigenvalue weighted by molar-refractivity contribution is 5.85. The lowest BCUT2D eigenvalue weighted by Crippen LogP contribution is -2.09. The van der Waals surface area contributed by atoms with E-state index in [0.29, 0.717) is 11.5 Å². The number of rotatable bonds is 3. The van der Waals surface area contributed by atoms with E-state index < -0.39 is 0 Å². The Morgan fingerprint density at radius 1 is 1.41 bits per heavy atom. The molecular weight excluding hydrogens is 247 g/mol. The van der Waals surface area contributed by atoms with Crippen molar-refractivity contribution < 1.29 is 9.50 Å². The molecule has 1 heterocycles. The molecule has 92 valence electrons. The molecule has 0 aliphatic heterocycles. The van der Waals surface area contributed by atoms with E-state index in [2.05, 4.69) is 10.1 Å². The third kappa shape index (κ3) is 2.60. The Morgan fingerprint density at radius 2 is 2.18 bits per heavy atom. The highest BCUT2D eigenvalue weighted by atomic mass is 35.5. The minimum Gasteiger partial charge on any atom is -0.388 e. The SMILES string of the molecule is Cl.NCc1ccc(F)cc1-n1ncnc1CO. The first-order chi connectivity index (χ1) is 7.76. The number of aliphatic hydroxyl groups excluding tert-OH is 1. The summed E-state index contributed by atoms with van der Waals surface area (Å²) in [6.07, 6.45) is 1.30. The lowest BCUT2D eigenvalue weighted by Gasteiger charge is -2.09. The highest BCUT2D eigenvalue weighted by Crippen LogP contribution is 2.16. The van der Waals surface area contributed by atoms with Gasteiger partial charge in [0.05, 0.1) is 5.69 Å². The van der Waals surface area contributed by atoms with E-state index in [-0.39, 0.29) is 31.4 Å². The maximum atomic E-state index is 13.1. The Balaban J connectivity index is 0.00000144. The van der Waals surface area contributed by atoms with Crippen LogP contribution in [0.5, 0.6) is 0 Å². The standard InChI is InChI=1S/C10H11FN4O.ClH/c11-8-2-1-7(4-12)9(3-8)15-10(5-16)13-6-14-15;/h1-3,6,16H,4-5,12H2;1H. The van der Waals surface area contributed by atoms with Gasteiger partial charge in [-0.2, -0.15) is 5.10 Å². The normalized spacial score (nSPS) is 10.1. The fraction of sp³-hybridized carbons (Fsp3) is 0.200. The van der Waals surface area contributed by atoms with Crippen LogP contribution >= 0.6 is 12.4 Å². The lowest BCUT2D eigenvalue weighted by molar-refractivity contribution is 0.268. The van der Waals surface area contributed by atoms with Crippen LogP contribution in [0.3, 0.4) is 0 Å². The van der Waals surface area contributed by atoms with Crippen LogP contribution < -0.4 is 5.73 Å². The molecule has 1 aromatic carbocycles. The fourth-order valence-corrected chi connectivity index (χ4v) is 1.48. The lowest BCUT2D eigenvalue weighted by atomic mass is 10.1. The topological polar surface area (TPSA) is 77.0 Å². The van der Waals surface area contributed by atoms with Crippen LogP contribution in [-0.4, -0.2) is 19.9 Å². The van der Waals surface area contributed by atoms with Gasteiger partial charge in [-0.1, -0.05) is 6.07 Å². The van der Waals surface area contributed by atoms with Gasteiger partial charge in [0.15, 0.2) is 5.82 Å². The van der Waals surface area contributed by atoms with Crippen molar-refractivity contribution >= 4 is 12.4 Å². The van der Waals surface area contributed by atoms with Crippen molar-refractivity contribution in [3.05, 3.63) is 41.7 Å². The summed E-state index contributed by atoms with van der Waals surface area (Å²) in [5, 5.41) is 13.0. The number of aliphatic hydroxyl groups is 1. The number of hydrogen-bond donors (Lipinski definition) is 2. The summed E-state index contributed by atoms with van der Waals surface area (Å²) in [5.41, 5.74) is 6.79. The summed E-state index contributed by atoms with van der Waals surface area (Å²) in [5.74, 6) is -0.0353. The second kappa shape index (κ2) is 5.72. The van der Waals surface area contributed by atoms with E-state index >= 15 is 0 Å². The monoisotopic (exact) mass is 258 g/mol. The zero-order chi connectivity index (χ0) is 11.5. The number of nitrogens with zero attached hydrogens (tertiary/aromatic N) is 3. The molecule has 0 spiro atoms. The maximum absolute atomic E-state index is 13.1. The van der Waals surface area contributed by atoms with Gasteiger partial charge in [0, 0.05) is 6.54 Å². The number of nitrogens with two attached hydrogens (primary N) is 1. The van der Waals surface area contributed by atoms with Gasteiger partial charge in [-0.15, -0.1) is 12.4 Å². The van der Waals surface area contributed by atoms with Crippen LogP contribution in [-0.2, 0) is 13.2 Å². The molecule has 3 N–H and O–H groups in total. The van der Waals surface area contributed by atoms with Crippen LogP contribution in [0.4, 0.5) is 4.39 Å². The van der Waals surface area contributed by atoms with Gasteiger partial charge in [0.1, 0.15) is 18.8 Å². The van der Waals surface area contributed by atoms with Gasteiger partial charge in [-0.25, -0.2) is 14.1 Å². The average Bonchev–Trinajstić information content (AvgIpc) is 2.76. The molecule has 2 rings (SSSR count). The van der Waals surface area contributed by atoms with E-state index in [1.807, 2.05) is 0 Å². The molecular formula is C10H12ClFN4O. The molecule has 2 aromatic rings. The number of aromatic nitrogens is 3. The van der Waals surface area contributed by atoms with Gasteiger partial charge >= 0.3 is 0 Å². The maximum Gasteiger partial charge on any atom is 0.157 e. The highest BCUT2D eigenvalue weighted by Gasteiger charge is 2.10. The second-order valence-corrected chi connectivity index (χ2v) is 3.22. The summed E-state index contributed by atoms with van der Waals surface area (Å²) in [6, 6.07) is 4.24.